The van der Waals surface area contributed by atoms with E-state index in [1.54, 1.807) is 12.4 Å². The van der Waals surface area contributed by atoms with Crippen LogP contribution < -0.4 is 4.90 Å². The van der Waals surface area contributed by atoms with Gasteiger partial charge in [0.2, 0.25) is 5.91 Å². The lowest BCUT2D eigenvalue weighted by Gasteiger charge is -2.48. The summed E-state index contributed by atoms with van der Waals surface area (Å²) >= 11 is 0. The summed E-state index contributed by atoms with van der Waals surface area (Å²) in [5.41, 5.74) is 1.91. The summed E-state index contributed by atoms with van der Waals surface area (Å²) in [4.78, 5) is 30.1. The molecule has 1 spiro atoms. The Labute approximate surface area is 154 Å². The third-order valence-electron chi connectivity index (χ3n) is 5.57. The number of rotatable bonds is 3. The first-order chi connectivity index (χ1) is 12.6. The maximum absolute atomic E-state index is 12.5. The van der Waals surface area contributed by atoms with Crippen molar-refractivity contribution in [2.24, 2.45) is 5.41 Å². The van der Waals surface area contributed by atoms with Gasteiger partial charge in [-0.3, -0.25) is 14.8 Å². The molecule has 1 amide bonds. The fraction of sp³-hybridized carbons (Fsp3) is 0.500. The highest BCUT2D eigenvalue weighted by Crippen LogP contribution is 2.40. The number of hydrogen-bond donors (Lipinski definition) is 0. The van der Waals surface area contributed by atoms with Crippen LogP contribution in [-0.2, 0) is 11.3 Å². The van der Waals surface area contributed by atoms with E-state index in [1.165, 1.54) is 6.42 Å². The van der Waals surface area contributed by atoms with Gasteiger partial charge in [0.1, 0.15) is 5.82 Å². The van der Waals surface area contributed by atoms with Crippen molar-refractivity contribution in [3.63, 3.8) is 0 Å². The average Bonchev–Trinajstić information content (AvgIpc) is 2.68. The standard InChI is InChI=1S/C20H25N5O/c1-16-11-23-17(12-22-16)13-25-15-20(8-6-19(25)26)7-4-10-24(14-20)18-5-2-3-9-21-18/h2-3,5,9,11-12H,4,6-8,10,13-15H2,1H3. The lowest BCUT2D eigenvalue weighted by atomic mass is 9.73. The van der Waals surface area contributed by atoms with E-state index in [9.17, 15) is 4.79 Å². The number of amides is 1. The van der Waals surface area contributed by atoms with E-state index in [0.717, 1.165) is 49.7 Å². The number of hydrogen-bond acceptors (Lipinski definition) is 5. The van der Waals surface area contributed by atoms with Crippen LogP contribution in [0.15, 0.2) is 36.8 Å². The molecule has 2 saturated heterocycles. The second-order valence-electron chi connectivity index (χ2n) is 7.61. The van der Waals surface area contributed by atoms with E-state index in [1.807, 2.05) is 30.2 Å². The smallest absolute Gasteiger partial charge is 0.222 e. The predicted molar refractivity (Wildman–Crippen MR) is 99.5 cm³/mol. The number of anilines is 1. The minimum atomic E-state index is 0.155. The molecule has 0 aromatic carbocycles. The van der Waals surface area contributed by atoms with Gasteiger partial charge >= 0.3 is 0 Å². The van der Waals surface area contributed by atoms with Crippen molar-refractivity contribution in [3.05, 3.63) is 48.2 Å². The highest BCUT2D eigenvalue weighted by molar-refractivity contribution is 5.77. The van der Waals surface area contributed by atoms with Crippen LogP contribution in [0.3, 0.4) is 0 Å². The summed E-state index contributed by atoms with van der Waals surface area (Å²) in [6.45, 7) is 5.28. The molecule has 2 fully saturated rings. The Hall–Kier alpha value is -2.50. The van der Waals surface area contributed by atoms with Crippen LogP contribution in [0.4, 0.5) is 5.82 Å². The van der Waals surface area contributed by atoms with Gasteiger partial charge in [-0.1, -0.05) is 6.07 Å². The highest BCUT2D eigenvalue weighted by Gasteiger charge is 2.42. The first-order valence-corrected chi connectivity index (χ1v) is 9.35. The molecule has 0 N–H and O–H groups in total. The van der Waals surface area contributed by atoms with E-state index in [0.29, 0.717) is 13.0 Å². The Bertz CT molecular complexity index is 764. The van der Waals surface area contributed by atoms with Crippen molar-refractivity contribution in [2.45, 2.75) is 39.2 Å². The Kier molecular flexibility index (Phi) is 4.57. The third kappa shape index (κ3) is 3.54. The van der Waals surface area contributed by atoms with Crippen LogP contribution in [0.1, 0.15) is 37.1 Å². The maximum Gasteiger partial charge on any atom is 0.222 e. The number of piperidine rings is 2. The van der Waals surface area contributed by atoms with E-state index in [2.05, 4.69) is 25.9 Å². The Morgan fingerprint density at radius 3 is 2.81 bits per heavy atom. The van der Waals surface area contributed by atoms with Gasteiger partial charge in [-0.2, -0.15) is 0 Å². The summed E-state index contributed by atoms with van der Waals surface area (Å²) in [6, 6.07) is 6.07. The molecule has 0 saturated carbocycles. The number of pyridine rings is 1. The molecule has 1 atom stereocenters. The molecule has 0 aliphatic carbocycles. The van der Waals surface area contributed by atoms with Crippen LogP contribution in [0.25, 0.3) is 0 Å². The predicted octanol–water partition coefficient (Wildman–Crippen LogP) is 2.59. The van der Waals surface area contributed by atoms with Crippen LogP contribution in [0.2, 0.25) is 0 Å². The Morgan fingerprint density at radius 2 is 2.04 bits per heavy atom. The summed E-state index contributed by atoms with van der Waals surface area (Å²) in [5, 5.41) is 0. The molecule has 2 aromatic rings. The van der Waals surface area contributed by atoms with Crippen LogP contribution in [0, 0.1) is 12.3 Å². The second-order valence-corrected chi connectivity index (χ2v) is 7.61. The number of aryl methyl sites for hydroxylation is 1. The van der Waals surface area contributed by atoms with E-state index < -0.39 is 0 Å². The number of aromatic nitrogens is 3. The van der Waals surface area contributed by atoms with Crippen LogP contribution in [-0.4, -0.2) is 45.4 Å². The first-order valence-electron chi connectivity index (χ1n) is 9.35. The third-order valence-corrected chi connectivity index (χ3v) is 5.57. The van der Waals surface area contributed by atoms with Crippen molar-refractivity contribution in [1.82, 2.24) is 19.9 Å². The van der Waals surface area contributed by atoms with Gasteiger partial charge in [-0.05, 0) is 38.3 Å². The normalized spacial score (nSPS) is 23.5. The number of carbonyl (C=O) groups excluding carboxylic acids is 1. The highest BCUT2D eigenvalue weighted by atomic mass is 16.2. The van der Waals surface area contributed by atoms with E-state index in [4.69, 9.17) is 0 Å². The first kappa shape index (κ1) is 16.9. The fourth-order valence-corrected chi connectivity index (χ4v) is 4.22. The molecular weight excluding hydrogens is 326 g/mol. The van der Waals surface area contributed by atoms with Crippen LogP contribution in [0.5, 0.6) is 0 Å². The zero-order valence-electron chi connectivity index (χ0n) is 15.3. The van der Waals surface area contributed by atoms with Crippen LogP contribution >= 0.6 is 0 Å². The van der Waals surface area contributed by atoms with Crippen molar-refractivity contribution in [1.29, 1.82) is 0 Å². The number of carbonyl (C=O) groups is 1. The molecule has 4 rings (SSSR count). The zero-order valence-corrected chi connectivity index (χ0v) is 15.3. The monoisotopic (exact) mass is 351 g/mol. The van der Waals surface area contributed by atoms with Crippen molar-refractivity contribution >= 4 is 11.7 Å². The quantitative estimate of drug-likeness (QED) is 0.850. The Morgan fingerprint density at radius 1 is 1.12 bits per heavy atom. The van der Waals surface area contributed by atoms with Crippen molar-refractivity contribution in [3.8, 4) is 0 Å². The topological polar surface area (TPSA) is 62.2 Å². The molecule has 2 aromatic heterocycles. The summed E-state index contributed by atoms with van der Waals surface area (Å²) < 4.78 is 0. The molecule has 6 heteroatoms. The fourth-order valence-electron chi connectivity index (χ4n) is 4.22. The van der Waals surface area contributed by atoms with Gasteiger partial charge in [0.15, 0.2) is 0 Å². The summed E-state index contributed by atoms with van der Waals surface area (Å²) in [5.74, 6) is 1.27. The molecule has 26 heavy (non-hydrogen) atoms. The van der Waals surface area contributed by atoms with Gasteiger partial charge < -0.3 is 9.80 Å². The maximum atomic E-state index is 12.5. The van der Waals surface area contributed by atoms with Gasteiger partial charge in [0, 0.05) is 43.9 Å². The second kappa shape index (κ2) is 7.02. The molecule has 0 radical (unpaired) electrons. The van der Waals surface area contributed by atoms with E-state index in [-0.39, 0.29) is 11.3 Å². The minimum absolute atomic E-state index is 0.155. The van der Waals surface area contributed by atoms with E-state index >= 15 is 0 Å². The Balaban J connectivity index is 1.49. The van der Waals surface area contributed by atoms with Gasteiger partial charge in [0.05, 0.1) is 24.1 Å². The average molecular weight is 351 g/mol. The molecule has 4 heterocycles. The lowest BCUT2D eigenvalue weighted by Crippen LogP contribution is -2.54. The van der Waals surface area contributed by atoms with Gasteiger partial charge in [0.25, 0.3) is 0 Å². The molecular formula is C20H25N5O. The summed E-state index contributed by atoms with van der Waals surface area (Å²) in [7, 11) is 0. The van der Waals surface area contributed by atoms with Crippen molar-refractivity contribution in [2.75, 3.05) is 24.5 Å². The molecule has 2 aliphatic rings. The molecule has 136 valence electrons. The lowest BCUT2D eigenvalue weighted by molar-refractivity contribution is -0.138. The van der Waals surface area contributed by atoms with Gasteiger partial charge in [-0.15, -0.1) is 0 Å². The molecule has 1 unspecified atom stereocenters. The largest absolute Gasteiger partial charge is 0.356 e. The molecule has 2 aliphatic heterocycles. The minimum Gasteiger partial charge on any atom is -0.356 e. The number of nitrogens with zero attached hydrogens (tertiary/aromatic N) is 5. The molecule has 0 bridgehead atoms. The van der Waals surface area contributed by atoms with Crippen molar-refractivity contribution < 1.29 is 4.79 Å². The molecule has 6 nitrogen and oxygen atoms in total. The SMILES string of the molecule is Cc1cnc(CN2CC3(CCCN(c4ccccn4)C3)CCC2=O)cn1. The van der Waals surface area contributed by atoms with Gasteiger partial charge in [-0.25, -0.2) is 4.98 Å². The zero-order chi connectivity index (χ0) is 18.0. The number of likely N-dealkylation sites (tertiary alicyclic amines) is 1. The summed E-state index contributed by atoms with van der Waals surface area (Å²) in [6.07, 6.45) is 9.29.